The molecular weight excluding hydrogens is 308 g/mol. The van der Waals surface area contributed by atoms with Crippen LogP contribution in [0.5, 0.6) is 11.5 Å². The van der Waals surface area contributed by atoms with E-state index in [9.17, 15) is 4.79 Å². The van der Waals surface area contributed by atoms with Crippen LogP contribution in [-0.4, -0.2) is 36.1 Å². The number of amides is 2. The van der Waals surface area contributed by atoms with Gasteiger partial charge in [0.2, 0.25) is 0 Å². The molecule has 7 heteroatoms. The molecule has 2 atom stereocenters. The predicted octanol–water partition coefficient (Wildman–Crippen LogP) is 2.35. The van der Waals surface area contributed by atoms with E-state index in [1.807, 2.05) is 38.2 Å². The van der Waals surface area contributed by atoms with Crippen molar-refractivity contribution >= 4 is 6.03 Å². The molecule has 0 aliphatic heterocycles. The van der Waals surface area contributed by atoms with Gasteiger partial charge in [0, 0.05) is 30.1 Å². The number of benzene rings is 1. The minimum absolute atomic E-state index is 0.0464. The average Bonchev–Trinajstić information content (AvgIpc) is 3.06. The lowest BCUT2D eigenvalue weighted by atomic mass is 10.1. The van der Waals surface area contributed by atoms with E-state index in [2.05, 4.69) is 15.7 Å². The van der Waals surface area contributed by atoms with Crippen LogP contribution in [-0.2, 0) is 6.54 Å². The maximum Gasteiger partial charge on any atom is 0.315 e. The third-order valence-corrected chi connectivity index (χ3v) is 3.65. The molecule has 1 aromatic heterocycles. The van der Waals surface area contributed by atoms with Crippen LogP contribution < -0.4 is 20.1 Å². The molecule has 0 bridgehead atoms. The van der Waals surface area contributed by atoms with E-state index in [-0.39, 0.29) is 18.1 Å². The molecule has 0 saturated carbocycles. The van der Waals surface area contributed by atoms with Crippen LogP contribution in [0.2, 0.25) is 0 Å². The fourth-order valence-corrected chi connectivity index (χ4v) is 2.45. The van der Waals surface area contributed by atoms with Gasteiger partial charge in [-0.1, -0.05) is 0 Å². The lowest BCUT2D eigenvalue weighted by molar-refractivity contribution is 0.233. The molecule has 0 radical (unpaired) electrons. The second-order valence-corrected chi connectivity index (χ2v) is 5.58. The number of nitrogens with zero attached hydrogens (tertiary/aromatic N) is 2. The number of rotatable bonds is 7. The highest BCUT2D eigenvalue weighted by molar-refractivity contribution is 5.74. The molecule has 0 aliphatic carbocycles. The summed E-state index contributed by atoms with van der Waals surface area (Å²) < 4.78 is 12.3. The lowest BCUT2D eigenvalue weighted by Gasteiger charge is -2.20. The van der Waals surface area contributed by atoms with Crippen molar-refractivity contribution in [3.8, 4) is 11.5 Å². The number of ether oxygens (including phenoxy) is 2. The van der Waals surface area contributed by atoms with E-state index in [0.29, 0.717) is 18.0 Å². The Hall–Kier alpha value is -2.70. The van der Waals surface area contributed by atoms with Crippen molar-refractivity contribution in [3.63, 3.8) is 0 Å². The summed E-state index contributed by atoms with van der Waals surface area (Å²) in [7, 11) is 3.20. The first-order chi connectivity index (χ1) is 11.5. The van der Waals surface area contributed by atoms with Crippen LogP contribution in [0, 0.1) is 0 Å². The van der Waals surface area contributed by atoms with Gasteiger partial charge in [-0.25, -0.2) is 4.79 Å². The van der Waals surface area contributed by atoms with Crippen LogP contribution in [0.3, 0.4) is 0 Å². The number of hydrogen-bond acceptors (Lipinski definition) is 4. The molecule has 24 heavy (non-hydrogen) atoms. The fourth-order valence-electron chi connectivity index (χ4n) is 2.45. The Morgan fingerprint density at radius 1 is 1.25 bits per heavy atom. The Bertz CT molecular complexity index is 658. The number of urea groups is 1. The van der Waals surface area contributed by atoms with Gasteiger partial charge >= 0.3 is 6.03 Å². The average molecular weight is 332 g/mol. The number of hydrogen-bond donors (Lipinski definition) is 2. The summed E-state index contributed by atoms with van der Waals surface area (Å²) in [6.45, 7) is 4.45. The predicted molar refractivity (Wildman–Crippen MR) is 91.3 cm³/mol. The summed E-state index contributed by atoms with van der Waals surface area (Å²) in [5, 5.41) is 9.95. The van der Waals surface area contributed by atoms with Crippen LogP contribution in [0.4, 0.5) is 4.79 Å². The second kappa shape index (κ2) is 8.24. The highest BCUT2D eigenvalue weighted by Crippen LogP contribution is 2.29. The Labute approximate surface area is 142 Å². The van der Waals surface area contributed by atoms with E-state index in [1.54, 1.807) is 31.2 Å². The zero-order chi connectivity index (χ0) is 17.5. The van der Waals surface area contributed by atoms with E-state index in [0.717, 1.165) is 5.56 Å². The molecular formula is C17H24N4O3. The lowest BCUT2D eigenvalue weighted by Crippen LogP contribution is -2.43. The first-order valence-corrected chi connectivity index (χ1v) is 7.80. The summed E-state index contributed by atoms with van der Waals surface area (Å²) in [6.07, 6.45) is 3.58. The fraction of sp³-hybridized carbons (Fsp3) is 0.412. The van der Waals surface area contributed by atoms with Gasteiger partial charge in [0.25, 0.3) is 0 Å². The maximum atomic E-state index is 12.2. The molecule has 2 amide bonds. The smallest absolute Gasteiger partial charge is 0.315 e. The van der Waals surface area contributed by atoms with Crippen LogP contribution in [0.1, 0.15) is 25.5 Å². The zero-order valence-electron chi connectivity index (χ0n) is 14.4. The molecule has 130 valence electrons. The minimum atomic E-state index is -0.236. The molecule has 0 spiro atoms. The number of carbonyl (C=O) groups excluding carboxylic acids is 1. The Balaban J connectivity index is 1.93. The third kappa shape index (κ3) is 4.65. The topological polar surface area (TPSA) is 77.4 Å². The molecule has 0 fully saturated rings. The molecule has 0 saturated heterocycles. The number of carbonyl (C=O) groups is 1. The van der Waals surface area contributed by atoms with Crippen molar-refractivity contribution in [2.75, 3.05) is 14.2 Å². The summed E-state index contributed by atoms with van der Waals surface area (Å²) >= 11 is 0. The van der Waals surface area contributed by atoms with Crippen LogP contribution in [0.15, 0.2) is 36.7 Å². The molecule has 2 N–H and O–H groups in total. The highest BCUT2D eigenvalue weighted by Gasteiger charge is 2.16. The number of nitrogens with one attached hydrogen (secondary N) is 2. The molecule has 2 rings (SSSR count). The summed E-state index contributed by atoms with van der Waals surface area (Å²) in [6, 6.07) is 6.89. The number of methoxy groups -OCH3 is 2. The van der Waals surface area contributed by atoms with Gasteiger partial charge in [-0.15, -0.1) is 0 Å². The monoisotopic (exact) mass is 332 g/mol. The first-order valence-electron chi connectivity index (χ1n) is 7.80. The van der Waals surface area contributed by atoms with Gasteiger partial charge < -0.3 is 20.1 Å². The van der Waals surface area contributed by atoms with Gasteiger partial charge in [-0.2, -0.15) is 5.10 Å². The summed E-state index contributed by atoms with van der Waals surface area (Å²) in [5.41, 5.74) is 0.883. The summed E-state index contributed by atoms with van der Waals surface area (Å²) in [5.74, 6) is 1.38. The molecule has 1 heterocycles. The Morgan fingerprint density at radius 2 is 2.04 bits per heavy atom. The standard InChI is InChI=1S/C17H24N4O3/c1-12(11-21-9-5-8-18-21)19-17(22)20-13(2)15-7-6-14(23-3)10-16(15)24-4/h5-10,12-13H,11H2,1-4H3,(H2,19,20,22)/t12-,13-/m1/s1. The van der Waals surface area contributed by atoms with E-state index >= 15 is 0 Å². The van der Waals surface area contributed by atoms with Crippen molar-refractivity contribution in [1.29, 1.82) is 0 Å². The van der Waals surface area contributed by atoms with Crippen molar-refractivity contribution in [1.82, 2.24) is 20.4 Å². The maximum absolute atomic E-state index is 12.2. The van der Waals surface area contributed by atoms with Crippen molar-refractivity contribution in [2.24, 2.45) is 0 Å². The minimum Gasteiger partial charge on any atom is -0.497 e. The highest BCUT2D eigenvalue weighted by atomic mass is 16.5. The van der Waals surface area contributed by atoms with Gasteiger partial charge in [-0.3, -0.25) is 4.68 Å². The zero-order valence-corrected chi connectivity index (χ0v) is 14.4. The normalized spacial score (nSPS) is 13.0. The Morgan fingerprint density at radius 3 is 2.67 bits per heavy atom. The van der Waals surface area contributed by atoms with Crippen molar-refractivity contribution in [2.45, 2.75) is 32.5 Å². The molecule has 0 unspecified atom stereocenters. The van der Waals surface area contributed by atoms with E-state index in [1.165, 1.54) is 0 Å². The second-order valence-electron chi connectivity index (χ2n) is 5.58. The molecule has 0 aliphatic rings. The largest absolute Gasteiger partial charge is 0.497 e. The molecule has 1 aromatic carbocycles. The Kier molecular flexibility index (Phi) is 6.06. The first kappa shape index (κ1) is 17.7. The summed E-state index contributed by atoms with van der Waals surface area (Å²) in [4.78, 5) is 12.2. The number of aromatic nitrogens is 2. The SMILES string of the molecule is COc1ccc([C@@H](C)NC(=O)N[C@H](C)Cn2cccn2)c(OC)c1. The van der Waals surface area contributed by atoms with Gasteiger partial charge in [0.05, 0.1) is 26.8 Å². The van der Waals surface area contributed by atoms with Gasteiger partial charge in [-0.05, 0) is 32.0 Å². The van der Waals surface area contributed by atoms with E-state index in [4.69, 9.17) is 9.47 Å². The molecule has 7 nitrogen and oxygen atoms in total. The quantitative estimate of drug-likeness (QED) is 0.816. The van der Waals surface area contributed by atoms with Gasteiger partial charge in [0.15, 0.2) is 0 Å². The van der Waals surface area contributed by atoms with Crippen LogP contribution in [0.25, 0.3) is 0 Å². The third-order valence-electron chi connectivity index (χ3n) is 3.65. The molecule has 2 aromatic rings. The van der Waals surface area contributed by atoms with Crippen LogP contribution >= 0.6 is 0 Å². The van der Waals surface area contributed by atoms with E-state index < -0.39 is 0 Å². The van der Waals surface area contributed by atoms with Crippen molar-refractivity contribution < 1.29 is 14.3 Å². The van der Waals surface area contributed by atoms with Crippen molar-refractivity contribution in [3.05, 3.63) is 42.2 Å². The van der Waals surface area contributed by atoms with Gasteiger partial charge in [0.1, 0.15) is 11.5 Å².